The van der Waals surface area contributed by atoms with Crippen LogP contribution in [0.3, 0.4) is 0 Å². The van der Waals surface area contributed by atoms with Crippen LogP contribution in [0.4, 0.5) is 8.78 Å². The zero-order valence-electron chi connectivity index (χ0n) is 7.54. The Hall–Kier alpha value is -1.25. The molecule has 0 heterocycles. The van der Waals surface area contributed by atoms with Gasteiger partial charge in [-0.1, -0.05) is 24.3 Å². The summed E-state index contributed by atoms with van der Waals surface area (Å²) >= 11 is 0. The van der Waals surface area contributed by atoms with Gasteiger partial charge in [-0.05, 0) is 24.0 Å². The van der Waals surface area contributed by atoms with Gasteiger partial charge in [-0.15, -0.1) is 0 Å². The molecule has 0 atom stereocenters. The van der Waals surface area contributed by atoms with Crippen LogP contribution < -0.4 is 0 Å². The SMILES string of the molecule is O=C(C(F)F)C1Cc2ccccc2C1. The van der Waals surface area contributed by atoms with Crippen LogP contribution in [0, 0.1) is 5.92 Å². The third-order valence-corrected chi connectivity index (χ3v) is 2.67. The summed E-state index contributed by atoms with van der Waals surface area (Å²) in [6, 6.07) is 7.53. The Labute approximate surface area is 80.7 Å². The van der Waals surface area contributed by atoms with Crippen molar-refractivity contribution in [2.75, 3.05) is 0 Å². The van der Waals surface area contributed by atoms with Crippen LogP contribution in [-0.2, 0) is 17.6 Å². The molecule has 0 aromatic heterocycles. The number of halogens is 2. The van der Waals surface area contributed by atoms with Gasteiger partial charge in [0.15, 0.2) is 0 Å². The molecule has 1 aliphatic rings. The van der Waals surface area contributed by atoms with Gasteiger partial charge in [-0.25, -0.2) is 8.78 Å². The number of ketones is 1. The Bertz CT molecular complexity index is 335. The molecule has 1 aliphatic carbocycles. The standard InChI is InChI=1S/C11H10F2O/c12-11(13)10(14)9-5-7-3-1-2-4-8(7)6-9/h1-4,9,11H,5-6H2. The number of hydrogen-bond acceptors (Lipinski definition) is 1. The first kappa shape index (κ1) is 9.31. The molecule has 14 heavy (non-hydrogen) atoms. The molecule has 1 nitrogen and oxygen atoms in total. The number of carbonyl (C=O) groups is 1. The molecule has 0 fully saturated rings. The lowest BCUT2D eigenvalue weighted by atomic mass is 10.0. The molecule has 0 bridgehead atoms. The summed E-state index contributed by atoms with van der Waals surface area (Å²) in [5, 5.41) is 0. The summed E-state index contributed by atoms with van der Waals surface area (Å²) in [4.78, 5) is 11.1. The second-order valence-electron chi connectivity index (χ2n) is 3.58. The highest BCUT2D eigenvalue weighted by Crippen LogP contribution is 2.28. The van der Waals surface area contributed by atoms with Crippen LogP contribution in [0.2, 0.25) is 0 Å². The molecular formula is C11H10F2O. The van der Waals surface area contributed by atoms with Gasteiger partial charge < -0.3 is 0 Å². The van der Waals surface area contributed by atoms with Crippen LogP contribution in [-0.4, -0.2) is 12.2 Å². The molecule has 0 saturated carbocycles. The Morgan fingerprint density at radius 3 is 2.14 bits per heavy atom. The van der Waals surface area contributed by atoms with E-state index in [1.54, 1.807) is 0 Å². The smallest absolute Gasteiger partial charge is 0.293 e. The van der Waals surface area contributed by atoms with E-state index in [-0.39, 0.29) is 0 Å². The predicted octanol–water partition coefficient (Wildman–Crippen LogP) is 2.24. The minimum atomic E-state index is -2.82. The maximum absolute atomic E-state index is 12.2. The molecule has 0 unspecified atom stereocenters. The van der Waals surface area contributed by atoms with Gasteiger partial charge in [0.05, 0.1) is 0 Å². The number of Topliss-reactive ketones (excluding diaryl/α,β-unsaturated/α-hetero) is 1. The van der Waals surface area contributed by atoms with Gasteiger partial charge in [0.2, 0.25) is 5.78 Å². The monoisotopic (exact) mass is 196 g/mol. The highest BCUT2D eigenvalue weighted by Gasteiger charge is 2.31. The Balaban J connectivity index is 2.16. The Morgan fingerprint density at radius 1 is 1.21 bits per heavy atom. The molecule has 0 aliphatic heterocycles. The van der Waals surface area contributed by atoms with Crippen molar-refractivity contribution in [3.63, 3.8) is 0 Å². The molecule has 74 valence electrons. The molecule has 0 N–H and O–H groups in total. The van der Waals surface area contributed by atoms with Gasteiger partial charge in [0.25, 0.3) is 6.43 Å². The number of fused-ring (bicyclic) bond motifs is 1. The van der Waals surface area contributed by atoms with E-state index >= 15 is 0 Å². The second kappa shape index (κ2) is 3.48. The molecule has 0 amide bonds. The van der Waals surface area contributed by atoms with Crippen molar-refractivity contribution in [1.29, 1.82) is 0 Å². The molecular weight excluding hydrogens is 186 g/mol. The van der Waals surface area contributed by atoms with Crippen LogP contribution >= 0.6 is 0 Å². The summed E-state index contributed by atoms with van der Waals surface area (Å²) in [6.07, 6.45) is -1.88. The van der Waals surface area contributed by atoms with E-state index in [0.29, 0.717) is 12.8 Å². The van der Waals surface area contributed by atoms with Crippen molar-refractivity contribution in [3.05, 3.63) is 35.4 Å². The largest absolute Gasteiger partial charge is 0.296 e. The number of carbonyl (C=O) groups excluding carboxylic acids is 1. The van der Waals surface area contributed by atoms with E-state index < -0.39 is 18.1 Å². The zero-order valence-corrected chi connectivity index (χ0v) is 7.54. The van der Waals surface area contributed by atoms with Crippen LogP contribution in [0.25, 0.3) is 0 Å². The van der Waals surface area contributed by atoms with Gasteiger partial charge in [0, 0.05) is 5.92 Å². The van der Waals surface area contributed by atoms with E-state index in [2.05, 4.69) is 0 Å². The fraction of sp³-hybridized carbons (Fsp3) is 0.364. The second-order valence-corrected chi connectivity index (χ2v) is 3.58. The highest BCUT2D eigenvalue weighted by molar-refractivity contribution is 5.85. The van der Waals surface area contributed by atoms with E-state index in [1.807, 2.05) is 24.3 Å². The number of hydrogen-bond donors (Lipinski definition) is 0. The molecule has 3 heteroatoms. The van der Waals surface area contributed by atoms with E-state index in [1.165, 1.54) is 0 Å². The molecule has 2 rings (SSSR count). The maximum atomic E-state index is 12.2. The van der Waals surface area contributed by atoms with Gasteiger partial charge >= 0.3 is 0 Å². The quantitative estimate of drug-likeness (QED) is 0.708. The minimum absolute atomic E-state index is 0.472. The summed E-state index contributed by atoms with van der Waals surface area (Å²) in [6.45, 7) is 0. The summed E-state index contributed by atoms with van der Waals surface area (Å²) in [5.74, 6) is -1.42. The average molecular weight is 196 g/mol. The minimum Gasteiger partial charge on any atom is -0.293 e. The molecule has 1 aromatic rings. The average Bonchev–Trinajstić information content (AvgIpc) is 2.59. The normalized spacial score (nSPS) is 15.9. The summed E-state index contributed by atoms with van der Waals surface area (Å²) in [5.41, 5.74) is 2.07. The van der Waals surface area contributed by atoms with Crippen molar-refractivity contribution < 1.29 is 13.6 Å². The molecule has 0 radical (unpaired) electrons. The molecule has 0 spiro atoms. The topological polar surface area (TPSA) is 17.1 Å². The number of benzene rings is 1. The lowest BCUT2D eigenvalue weighted by Gasteiger charge is -2.05. The Kier molecular flexibility index (Phi) is 2.32. The van der Waals surface area contributed by atoms with E-state index in [9.17, 15) is 13.6 Å². The molecule has 1 aromatic carbocycles. The van der Waals surface area contributed by atoms with Gasteiger partial charge in [-0.3, -0.25) is 4.79 Å². The van der Waals surface area contributed by atoms with Gasteiger partial charge in [0.1, 0.15) is 0 Å². The van der Waals surface area contributed by atoms with Crippen molar-refractivity contribution in [1.82, 2.24) is 0 Å². The number of rotatable bonds is 2. The number of alkyl halides is 2. The summed E-state index contributed by atoms with van der Waals surface area (Å²) < 4.78 is 24.3. The van der Waals surface area contributed by atoms with Crippen LogP contribution in [0.15, 0.2) is 24.3 Å². The van der Waals surface area contributed by atoms with Gasteiger partial charge in [-0.2, -0.15) is 0 Å². The zero-order chi connectivity index (χ0) is 10.1. The Morgan fingerprint density at radius 2 is 1.71 bits per heavy atom. The van der Waals surface area contributed by atoms with Crippen molar-refractivity contribution in [3.8, 4) is 0 Å². The lowest BCUT2D eigenvalue weighted by molar-refractivity contribution is -0.133. The third kappa shape index (κ3) is 1.54. The van der Waals surface area contributed by atoms with E-state index in [0.717, 1.165) is 11.1 Å². The third-order valence-electron chi connectivity index (χ3n) is 2.67. The fourth-order valence-corrected chi connectivity index (χ4v) is 1.94. The predicted molar refractivity (Wildman–Crippen MR) is 48.4 cm³/mol. The molecule has 0 saturated heterocycles. The lowest BCUT2D eigenvalue weighted by Crippen LogP contribution is -2.22. The van der Waals surface area contributed by atoms with Crippen molar-refractivity contribution >= 4 is 5.78 Å². The first-order valence-corrected chi connectivity index (χ1v) is 4.57. The highest BCUT2D eigenvalue weighted by atomic mass is 19.3. The van der Waals surface area contributed by atoms with Crippen molar-refractivity contribution in [2.24, 2.45) is 5.92 Å². The van der Waals surface area contributed by atoms with Crippen LogP contribution in [0.5, 0.6) is 0 Å². The first-order chi connectivity index (χ1) is 6.68. The summed E-state index contributed by atoms with van der Waals surface area (Å²) in [7, 11) is 0. The maximum Gasteiger partial charge on any atom is 0.296 e. The van der Waals surface area contributed by atoms with E-state index in [4.69, 9.17) is 0 Å². The first-order valence-electron chi connectivity index (χ1n) is 4.57. The van der Waals surface area contributed by atoms with Crippen LogP contribution in [0.1, 0.15) is 11.1 Å². The van der Waals surface area contributed by atoms with Crippen molar-refractivity contribution in [2.45, 2.75) is 19.3 Å². The fourth-order valence-electron chi connectivity index (χ4n) is 1.94.